The molecule has 0 fully saturated rings. The Balaban J connectivity index is 1.82. The number of para-hydroxylation sites is 3. The molecule has 1 aliphatic rings. The third-order valence-corrected chi connectivity index (χ3v) is 4.64. The van der Waals surface area contributed by atoms with E-state index >= 15 is 0 Å². The number of fused-ring (bicyclic) bond motifs is 3. The van der Waals surface area contributed by atoms with E-state index in [-0.39, 0.29) is 0 Å². The molecule has 4 nitrogen and oxygen atoms in total. The van der Waals surface area contributed by atoms with Crippen molar-refractivity contribution in [2.75, 3.05) is 4.31 Å². The maximum atomic E-state index is 12.5. The molecule has 4 rings (SSSR count). The van der Waals surface area contributed by atoms with E-state index in [1.165, 1.54) is 0 Å². The minimum atomic E-state index is -1.23. The summed E-state index contributed by atoms with van der Waals surface area (Å²) >= 11 is -1.23. The molecule has 1 unspecified atom stereocenters. The highest BCUT2D eigenvalue weighted by atomic mass is 32.2. The highest BCUT2D eigenvalue weighted by Gasteiger charge is 2.37. The lowest BCUT2D eigenvalue weighted by molar-refractivity contribution is 0.592. The van der Waals surface area contributed by atoms with Gasteiger partial charge in [-0.15, -0.1) is 0 Å². The fourth-order valence-electron chi connectivity index (χ4n) is 2.37. The minimum absolute atomic E-state index is 0.576. The molecule has 3 aromatic rings. The molecule has 1 atom stereocenters. The van der Waals surface area contributed by atoms with E-state index in [2.05, 4.69) is 4.98 Å². The Morgan fingerprint density at radius 3 is 2.58 bits per heavy atom. The Morgan fingerprint density at radius 2 is 1.74 bits per heavy atom. The van der Waals surface area contributed by atoms with Crippen LogP contribution >= 0.6 is 0 Å². The zero-order chi connectivity index (χ0) is 12.8. The second kappa shape index (κ2) is 4.01. The van der Waals surface area contributed by atoms with Gasteiger partial charge in [0.2, 0.25) is 0 Å². The molecule has 5 heteroatoms. The summed E-state index contributed by atoms with van der Waals surface area (Å²) in [6, 6.07) is 17.7. The van der Waals surface area contributed by atoms with Gasteiger partial charge < -0.3 is 4.55 Å². The Labute approximate surface area is 113 Å². The molecule has 0 radical (unpaired) electrons. The first-order valence-corrected chi connectivity index (χ1v) is 7.15. The number of nitrogens with zero attached hydrogens (tertiary/aromatic N) is 3. The molecule has 94 valence electrons. The summed E-state index contributed by atoms with van der Waals surface area (Å²) in [6.07, 6.45) is 0. The van der Waals surface area contributed by atoms with Crippen LogP contribution in [0.1, 0.15) is 0 Å². The number of anilines is 1. The lowest BCUT2D eigenvalue weighted by Gasteiger charge is -2.16. The van der Waals surface area contributed by atoms with Gasteiger partial charge in [0.25, 0.3) is 0 Å². The molecule has 2 heterocycles. The first kappa shape index (κ1) is 10.9. The molecule has 0 saturated heterocycles. The summed E-state index contributed by atoms with van der Waals surface area (Å²) in [5, 5.41) is 0.630. The van der Waals surface area contributed by atoms with Crippen molar-refractivity contribution in [2.24, 2.45) is 0 Å². The highest BCUT2D eigenvalue weighted by molar-refractivity contribution is 7.92. The van der Waals surface area contributed by atoms with Crippen molar-refractivity contribution in [3.63, 3.8) is 0 Å². The third-order valence-electron chi connectivity index (χ3n) is 3.29. The van der Waals surface area contributed by atoms with Crippen LogP contribution in [-0.2, 0) is 18.0 Å². The fourth-order valence-corrected chi connectivity index (χ4v) is 3.63. The Morgan fingerprint density at radius 1 is 1.00 bits per heavy atom. The normalized spacial score (nSPS) is 17.9. The van der Waals surface area contributed by atoms with Gasteiger partial charge in [-0.3, -0.25) is 4.57 Å². The Bertz CT molecular complexity index is 741. The number of benzene rings is 2. The van der Waals surface area contributed by atoms with Crippen molar-refractivity contribution in [2.45, 2.75) is 11.8 Å². The van der Waals surface area contributed by atoms with Crippen LogP contribution in [0.5, 0.6) is 0 Å². The molecule has 1 aromatic heterocycles. The zero-order valence-corrected chi connectivity index (χ0v) is 10.9. The second-order valence-electron chi connectivity index (χ2n) is 4.42. The van der Waals surface area contributed by atoms with E-state index in [1.54, 1.807) is 0 Å². The van der Waals surface area contributed by atoms with E-state index in [1.807, 2.05) is 63.5 Å². The summed E-state index contributed by atoms with van der Waals surface area (Å²) in [5.41, 5.74) is 2.89. The standard InChI is InChI=1S/C14H11N3OS/c18-19-14-15-12-8-4-5-9-13(12)16(14)10-17(19)11-6-2-1-3-7-11/h1-9H,10H2. The van der Waals surface area contributed by atoms with Crippen molar-refractivity contribution in [1.29, 1.82) is 0 Å². The minimum Gasteiger partial charge on any atom is -0.585 e. The molecule has 2 aromatic carbocycles. The van der Waals surface area contributed by atoms with Crippen LogP contribution in [0.25, 0.3) is 11.0 Å². The van der Waals surface area contributed by atoms with E-state index < -0.39 is 11.4 Å². The second-order valence-corrected chi connectivity index (χ2v) is 5.72. The zero-order valence-electron chi connectivity index (χ0n) is 10.1. The van der Waals surface area contributed by atoms with E-state index in [0.717, 1.165) is 16.7 Å². The average molecular weight is 269 g/mol. The number of hydrogen-bond donors (Lipinski definition) is 0. The summed E-state index contributed by atoms with van der Waals surface area (Å²) < 4.78 is 16.4. The van der Waals surface area contributed by atoms with Crippen LogP contribution in [0.3, 0.4) is 0 Å². The van der Waals surface area contributed by atoms with Crippen LogP contribution in [0.2, 0.25) is 0 Å². The van der Waals surface area contributed by atoms with Gasteiger partial charge in [0.1, 0.15) is 18.0 Å². The molecule has 0 N–H and O–H groups in total. The van der Waals surface area contributed by atoms with Gasteiger partial charge in [0.15, 0.2) is 0 Å². The Kier molecular flexibility index (Phi) is 2.30. The van der Waals surface area contributed by atoms with Crippen molar-refractivity contribution < 1.29 is 4.55 Å². The van der Waals surface area contributed by atoms with Gasteiger partial charge in [-0.25, -0.2) is 0 Å². The van der Waals surface area contributed by atoms with Gasteiger partial charge in [0.05, 0.1) is 16.7 Å². The molecule has 0 aliphatic carbocycles. The van der Waals surface area contributed by atoms with Gasteiger partial charge in [-0.1, -0.05) is 30.3 Å². The van der Waals surface area contributed by atoms with Crippen molar-refractivity contribution >= 4 is 28.1 Å². The quantitative estimate of drug-likeness (QED) is 0.638. The lowest BCUT2D eigenvalue weighted by atomic mass is 10.3. The summed E-state index contributed by atoms with van der Waals surface area (Å²) in [4.78, 5) is 4.47. The molecule has 0 spiro atoms. The van der Waals surface area contributed by atoms with Gasteiger partial charge in [-0.2, -0.15) is 9.29 Å². The first-order valence-electron chi connectivity index (χ1n) is 6.04. The predicted octanol–water partition coefficient (Wildman–Crippen LogP) is 2.54. The van der Waals surface area contributed by atoms with E-state index in [0.29, 0.717) is 11.8 Å². The summed E-state index contributed by atoms with van der Waals surface area (Å²) in [7, 11) is 0. The van der Waals surface area contributed by atoms with Crippen LogP contribution in [0.4, 0.5) is 5.69 Å². The fraction of sp³-hybridized carbons (Fsp3) is 0.0714. The maximum absolute atomic E-state index is 12.5. The van der Waals surface area contributed by atoms with Crippen molar-refractivity contribution in [3.8, 4) is 0 Å². The molecule has 1 aliphatic heterocycles. The highest BCUT2D eigenvalue weighted by Crippen LogP contribution is 2.32. The number of imidazole rings is 1. The van der Waals surface area contributed by atoms with Crippen LogP contribution in [0.15, 0.2) is 59.8 Å². The smallest absolute Gasteiger partial charge is 0.353 e. The van der Waals surface area contributed by atoms with Gasteiger partial charge >= 0.3 is 5.16 Å². The summed E-state index contributed by atoms with van der Waals surface area (Å²) in [5.74, 6) is 0. The number of hydrogen-bond acceptors (Lipinski definition) is 3. The largest absolute Gasteiger partial charge is 0.585 e. The predicted molar refractivity (Wildman–Crippen MR) is 75.1 cm³/mol. The van der Waals surface area contributed by atoms with Crippen LogP contribution < -0.4 is 4.31 Å². The molecule has 0 amide bonds. The van der Waals surface area contributed by atoms with E-state index in [9.17, 15) is 4.55 Å². The first-order chi connectivity index (χ1) is 9.34. The topological polar surface area (TPSA) is 44.1 Å². The van der Waals surface area contributed by atoms with Crippen molar-refractivity contribution in [3.05, 3.63) is 54.6 Å². The molecule has 0 saturated carbocycles. The van der Waals surface area contributed by atoms with E-state index in [4.69, 9.17) is 0 Å². The molecule has 0 bridgehead atoms. The number of rotatable bonds is 1. The third kappa shape index (κ3) is 1.55. The Hall–Kier alpha value is -1.98. The molecule has 19 heavy (non-hydrogen) atoms. The van der Waals surface area contributed by atoms with Gasteiger partial charge in [-0.05, 0) is 24.3 Å². The van der Waals surface area contributed by atoms with Crippen LogP contribution in [0, 0.1) is 0 Å². The SMILES string of the molecule is [O-][S+]1c2nc3ccccc3n2CN1c1ccccc1. The molecular formula is C14H11N3OS. The number of aromatic nitrogens is 2. The monoisotopic (exact) mass is 269 g/mol. The summed E-state index contributed by atoms with van der Waals surface area (Å²) in [6.45, 7) is 0.576. The van der Waals surface area contributed by atoms with Crippen LogP contribution in [-0.4, -0.2) is 14.1 Å². The average Bonchev–Trinajstić information content (AvgIpc) is 2.98. The van der Waals surface area contributed by atoms with Gasteiger partial charge in [0, 0.05) is 0 Å². The van der Waals surface area contributed by atoms with Crippen molar-refractivity contribution in [1.82, 2.24) is 9.55 Å². The lowest BCUT2D eigenvalue weighted by Crippen LogP contribution is -2.24. The maximum Gasteiger partial charge on any atom is 0.353 e. The molecular weight excluding hydrogens is 258 g/mol.